The maximum atomic E-state index is 6.46. The molecule has 20 heavy (non-hydrogen) atoms. The second-order valence-corrected chi connectivity index (χ2v) is 7.18. The van der Waals surface area contributed by atoms with Crippen molar-refractivity contribution in [1.29, 1.82) is 0 Å². The quantitative estimate of drug-likeness (QED) is 0.928. The third kappa shape index (κ3) is 2.90. The van der Waals surface area contributed by atoms with Crippen molar-refractivity contribution in [2.75, 3.05) is 19.5 Å². The van der Waals surface area contributed by atoms with Gasteiger partial charge in [-0.2, -0.15) is 11.8 Å². The van der Waals surface area contributed by atoms with Crippen LogP contribution in [-0.4, -0.2) is 34.3 Å². The number of nitrogens with two attached hydrogens (primary N) is 1. The molecule has 0 radical (unpaired) electrons. The van der Waals surface area contributed by atoms with Crippen molar-refractivity contribution in [2.24, 2.45) is 11.7 Å². The third-order valence-electron chi connectivity index (χ3n) is 4.88. The minimum absolute atomic E-state index is 0.0678. The highest BCUT2D eigenvalue weighted by molar-refractivity contribution is 7.99. The molecule has 2 aliphatic rings. The molecule has 3 rings (SSSR count). The molecule has 2 unspecified atom stereocenters. The van der Waals surface area contributed by atoms with Crippen molar-refractivity contribution in [3.05, 3.63) is 18.2 Å². The van der Waals surface area contributed by atoms with Crippen LogP contribution in [0.2, 0.25) is 0 Å². The SMILES string of the molecule is CSC1CCC(n2cncc2C(N)C2CCOC2)CC1. The van der Waals surface area contributed by atoms with Gasteiger partial charge in [0.05, 0.1) is 24.7 Å². The second-order valence-electron chi connectivity index (χ2n) is 6.04. The zero-order valence-corrected chi connectivity index (χ0v) is 13.0. The van der Waals surface area contributed by atoms with Gasteiger partial charge in [-0.05, 0) is 38.4 Å². The van der Waals surface area contributed by atoms with Gasteiger partial charge in [-0.25, -0.2) is 4.98 Å². The summed E-state index contributed by atoms with van der Waals surface area (Å²) >= 11 is 2.01. The van der Waals surface area contributed by atoms with E-state index in [4.69, 9.17) is 10.5 Å². The third-order valence-corrected chi connectivity index (χ3v) is 6.02. The summed E-state index contributed by atoms with van der Waals surface area (Å²) in [5.41, 5.74) is 7.66. The van der Waals surface area contributed by atoms with Crippen LogP contribution in [0.1, 0.15) is 49.9 Å². The van der Waals surface area contributed by atoms with E-state index in [1.807, 2.05) is 24.3 Å². The number of nitrogens with zero attached hydrogens (tertiary/aromatic N) is 2. The van der Waals surface area contributed by atoms with E-state index in [-0.39, 0.29) is 6.04 Å². The lowest BCUT2D eigenvalue weighted by Gasteiger charge is -2.31. The van der Waals surface area contributed by atoms with E-state index in [1.54, 1.807) is 0 Å². The Bertz CT molecular complexity index is 423. The highest BCUT2D eigenvalue weighted by atomic mass is 32.2. The Morgan fingerprint density at radius 1 is 1.35 bits per heavy atom. The first kappa shape index (κ1) is 14.4. The monoisotopic (exact) mass is 295 g/mol. The smallest absolute Gasteiger partial charge is 0.0951 e. The van der Waals surface area contributed by atoms with Crippen LogP contribution in [-0.2, 0) is 4.74 Å². The fourth-order valence-electron chi connectivity index (χ4n) is 3.51. The Morgan fingerprint density at radius 3 is 2.80 bits per heavy atom. The lowest BCUT2D eigenvalue weighted by Crippen LogP contribution is -2.27. The fraction of sp³-hybridized carbons (Fsp3) is 0.800. The molecule has 1 aliphatic carbocycles. The van der Waals surface area contributed by atoms with Crippen LogP contribution >= 0.6 is 11.8 Å². The van der Waals surface area contributed by atoms with Crippen LogP contribution in [0.15, 0.2) is 12.5 Å². The molecule has 2 atom stereocenters. The maximum Gasteiger partial charge on any atom is 0.0951 e. The van der Waals surface area contributed by atoms with Crippen molar-refractivity contribution < 1.29 is 4.74 Å². The molecule has 5 heteroatoms. The highest BCUT2D eigenvalue weighted by Crippen LogP contribution is 2.36. The molecule has 0 bridgehead atoms. The number of aromatic nitrogens is 2. The first-order valence-corrected chi connectivity index (χ1v) is 8.96. The summed E-state index contributed by atoms with van der Waals surface area (Å²) in [7, 11) is 0. The lowest BCUT2D eigenvalue weighted by atomic mass is 9.93. The van der Waals surface area contributed by atoms with Gasteiger partial charge in [0.2, 0.25) is 0 Å². The molecule has 0 amide bonds. The number of hydrogen-bond acceptors (Lipinski definition) is 4. The van der Waals surface area contributed by atoms with Gasteiger partial charge in [-0.15, -0.1) is 0 Å². The predicted octanol–water partition coefficient (Wildman–Crippen LogP) is 2.77. The Morgan fingerprint density at radius 2 is 2.15 bits per heavy atom. The first-order valence-electron chi connectivity index (χ1n) is 7.67. The number of rotatable bonds is 4. The largest absolute Gasteiger partial charge is 0.381 e. The summed E-state index contributed by atoms with van der Waals surface area (Å²) in [5, 5.41) is 0.843. The summed E-state index contributed by atoms with van der Waals surface area (Å²) < 4.78 is 7.82. The molecule has 4 nitrogen and oxygen atoms in total. The Kier molecular flexibility index (Phi) is 4.68. The van der Waals surface area contributed by atoms with E-state index >= 15 is 0 Å². The predicted molar refractivity (Wildman–Crippen MR) is 82.9 cm³/mol. The normalized spacial score (nSPS) is 32.4. The van der Waals surface area contributed by atoms with Crippen LogP contribution in [0, 0.1) is 5.92 Å². The van der Waals surface area contributed by atoms with Crippen LogP contribution in [0.3, 0.4) is 0 Å². The number of ether oxygens (including phenoxy) is 1. The van der Waals surface area contributed by atoms with Crippen LogP contribution in [0.25, 0.3) is 0 Å². The topological polar surface area (TPSA) is 53.1 Å². The lowest BCUT2D eigenvalue weighted by molar-refractivity contribution is 0.179. The Balaban J connectivity index is 1.70. The molecule has 2 heterocycles. The van der Waals surface area contributed by atoms with Crippen LogP contribution in [0.4, 0.5) is 0 Å². The van der Waals surface area contributed by atoms with Gasteiger partial charge in [0.1, 0.15) is 0 Å². The van der Waals surface area contributed by atoms with Gasteiger partial charge in [0.15, 0.2) is 0 Å². The summed E-state index contributed by atoms with van der Waals surface area (Å²) in [6, 6.07) is 0.655. The van der Waals surface area contributed by atoms with Gasteiger partial charge in [-0.3, -0.25) is 0 Å². The van der Waals surface area contributed by atoms with Gasteiger partial charge in [0, 0.05) is 30.0 Å². The molecule has 1 saturated carbocycles. The summed E-state index contributed by atoms with van der Waals surface area (Å²) in [5.74, 6) is 0.452. The number of imidazole rings is 1. The second kappa shape index (κ2) is 6.50. The molecule has 112 valence electrons. The molecule has 1 aromatic heterocycles. The zero-order chi connectivity index (χ0) is 13.9. The van der Waals surface area contributed by atoms with E-state index in [0.717, 1.165) is 24.9 Å². The minimum Gasteiger partial charge on any atom is -0.381 e. The molecule has 2 N–H and O–H groups in total. The van der Waals surface area contributed by atoms with Crippen molar-refractivity contribution >= 4 is 11.8 Å². The van der Waals surface area contributed by atoms with Gasteiger partial charge in [0.25, 0.3) is 0 Å². The van der Waals surface area contributed by atoms with Crippen molar-refractivity contribution in [1.82, 2.24) is 9.55 Å². The van der Waals surface area contributed by atoms with Gasteiger partial charge < -0.3 is 15.0 Å². The first-order chi connectivity index (χ1) is 9.79. The average Bonchev–Trinajstić information content (AvgIpc) is 3.18. The van der Waals surface area contributed by atoms with E-state index in [0.29, 0.717) is 12.0 Å². The van der Waals surface area contributed by atoms with Gasteiger partial charge in [-0.1, -0.05) is 0 Å². The molecular weight excluding hydrogens is 270 g/mol. The van der Waals surface area contributed by atoms with E-state index in [9.17, 15) is 0 Å². The maximum absolute atomic E-state index is 6.46. The highest BCUT2D eigenvalue weighted by Gasteiger charge is 2.29. The summed E-state index contributed by atoms with van der Waals surface area (Å²) in [6.07, 6.45) is 12.4. The molecule has 1 aliphatic heterocycles. The molecule has 1 saturated heterocycles. The minimum atomic E-state index is 0.0678. The van der Waals surface area contributed by atoms with Crippen molar-refractivity contribution in [3.63, 3.8) is 0 Å². The van der Waals surface area contributed by atoms with Crippen LogP contribution < -0.4 is 5.73 Å². The molecule has 0 spiro atoms. The molecule has 0 aromatic carbocycles. The molecule has 1 aromatic rings. The van der Waals surface area contributed by atoms with E-state index < -0.39 is 0 Å². The number of thioether (sulfide) groups is 1. The number of hydrogen-bond donors (Lipinski definition) is 1. The summed E-state index contributed by atoms with van der Waals surface area (Å²) in [4.78, 5) is 4.37. The standard InChI is InChI=1S/C15H25N3OS/c1-20-13-4-2-12(3-5-13)18-10-17-8-14(18)15(16)11-6-7-19-9-11/h8,10-13,15H,2-7,9,16H2,1H3. The van der Waals surface area contributed by atoms with E-state index in [2.05, 4.69) is 15.8 Å². The van der Waals surface area contributed by atoms with Gasteiger partial charge >= 0.3 is 0 Å². The van der Waals surface area contributed by atoms with Crippen molar-refractivity contribution in [2.45, 2.75) is 49.4 Å². The molecule has 2 fully saturated rings. The fourth-order valence-corrected chi connectivity index (χ4v) is 4.26. The molecular formula is C15H25N3OS. The van der Waals surface area contributed by atoms with E-state index in [1.165, 1.54) is 31.4 Å². The average molecular weight is 295 g/mol. The van der Waals surface area contributed by atoms with Crippen molar-refractivity contribution in [3.8, 4) is 0 Å². The van der Waals surface area contributed by atoms with Crippen LogP contribution in [0.5, 0.6) is 0 Å². The Hall–Kier alpha value is -0.520. The Labute approximate surface area is 125 Å². The zero-order valence-electron chi connectivity index (χ0n) is 12.2. The summed E-state index contributed by atoms with van der Waals surface area (Å²) in [6.45, 7) is 1.65.